The first kappa shape index (κ1) is 18.9. The van der Waals surface area contributed by atoms with Crippen LogP contribution in [0.15, 0.2) is 94.6 Å². The lowest BCUT2D eigenvalue weighted by Gasteiger charge is -2.13. The number of hydrogen-bond acceptors (Lipinski definition) is 5. The summed E-state index contributed by atoms with van der Waals surface area (Å²) in [5, 5.41) is 16.4. The van der Waals surface area contributed by atoms with Crippen molar-refractivity contribution in [2.45, 2.75) is 0 Å². The summed E-state index contributed by atoms with van der Waals surface area (Å²) in [6, 6.07) is 26.0. The highest BCUT2D eigenvalue weighted by molar-refractivity contribution is 5.86. The van der Waals surface area contributed by atoms with E-state index >= 15 is 0 Å². The van der Waals surface area contributed by atoms with Gasteiger partial charge in [0, 0.05) is 42.8 Å². The van der Waals surface area contributed by atoms with Gasteiger partial charge in [-0.1, -0.05) is 47.6 Å². The topological polar surface area (TPSA) is 61.9 Å². The molecule has 0 saturated carbocycles. The van der Waals surface area contributed by atoms with Crippen LogP contribution in [0.3, 0.4) is 0 Å². The highest BCUT2D eigenvalue weighted by Crippen LogP contribution is 2.28. The van der Waals surface area contributed by atoms with Crippen molar-refractivity contribution >= 4 is 27.4 Å². The van der Waals surface area contributed by atoms with Gasteiger partial charge in [0.15, 0.2) is 5.76 Å². The Hall–Kier alpha value is -4.12. The summed E-state index contributed by atoms with van der Waals surface area (Å²) in [4.78, 5) is 6.61. The highest BCUT2D eigenvalue weighted by atomic mass is 16.4. The number of anilines is 1. The molecule has 0 amide bonds. The van der Waals surface area contributed by atoms with Gasteiger partial charge in [0.2, 0.25) is 0 Å². The number of hydrogen-bond donors (Lipinski definition) is 1. The SMILES string of the molecule is CN(C)c1ccc(-c2ccc3/c(=N\O)cc(-c4cc5ccccc5cn4)oc3c2)cc1. The Morgan fingerprint density at radius 3 is 2.32 bits per heavy atom. The molecule has 0 aliphatic carbocycles. The molecule has 5 rings (SSSR count). The molecule has 2 aromatic heterocycles. The van der Waals surface area contributed by atoms with Crippen molar-refractivity contribution in [2.24, 2.45) is 5.16 Å². The Morgan fingerprint density at radius 2 is 1.58 bits per heavy atom. The van der Waals surface area contributed by atoms with Crippen molar-refractivity contribution < 1.29 is 9.62 Å². The molecule has 5 heteroatoms. The third-order valence-corrected chi connectivity index (χ3v) is 5.45. The van der Waals surface area contributed by atoms with Crippen LogP contribution in [0.4, 0.5) is 5.69 Å². The van der Waals surface area contributed by atoms with Crippen LogP contribution in [0.25, 0.3) is 44.3 Å². The fourth-order valence-electron chi connectivity index (χ4n) is 3.73. The normalized spacial score (nSPS) is 11.9. The van der Waals surface area contributed by atoms with Crippen LogP contribution in [0.2, 0.25) is 0 Å². The first-order chi connectivity index (χ1) is 15.1. The number of rotatable bonds is 3. The highest BCUT2D eigenvalue weighted by Gasteiger charge is 2.10. The van der Waals surface area contributed by atoms with Gasteiger partial charge in [-0.25, -0.2) is 0 Å². The Bertz CT molecular complexity index is 1470. The molecule has 0 atom stereocenters. The van der Waals surface area contributed by atoms with Crippen molar-refractivity contribution in [2.75, 3.05) is 19.0 Å². The van der Waals surface area contributed by atoms with Gasteiger partial charge in [0.05, 0.1) is 0 Å². The van der Waals surface area contributed by atoms with Crippen LogP contribution in [-0.2, 0) is 0 Å². The minimum atomic E-state index is 0.445. The van der Waals surface area contributed by atoms with Gasteiger partial charge < -0.3 is 14.5 Å². The lowest BCUT2D eigenvalue weighted by Crippen LogP contribution is -2.07. The monoisotopic (exact) mass is 407 g/mol. The zero-order valence-electron chi connectivity index (χ0n) is 17.3. The van der Waals surface area contributed by atoms with Crippen LogP contribution >= 0.6 is 0 Å². The second-order valence-electron chi connectivity index (χ2n) is 7.66. The quantitative estimate of drug-likeness (QED) is 0.309. The average Bonchev–Trinajstić information content (AvgIpc) is 2.82. The molecule has 2 heterocycles. The molecule has 5 nitrogen and oxygen atoms in total. The number of pyridine rings is 1. The van der Waals surface area contributed by atoms with E-state index < -0.39 is 0 Å². The van der Waals surface area contributed by atoms with Crippen molar-refractivity contribution in [1.82, 2.24) is 4.98 Å². The van der Waals surface area contributed by atoms with E-state index in [0.29, 0.717) is 22.4 Å². The van der Waals surface area contributed by atoms with Crippen molar-refractivity contribution in [3.8, 4) is 22.6 Å². The summed E-state index contributed by atoms with van der Waals surface area (Å²) < 4.78 is 6.22. The van der Waals surface area contributed by atoms with E-state index in [-0.39, 0.29) is 0 Å². The zero-order chi connectivity index (χ0) is 21.4. The minimum Gasteiger partial charge on any atom is -0.454 e. The Kier molecular flexibility index (Phi) is 4.64. The summed E-state index contributed by atoms with van der Waals surface area (Å²) >= 11 is 0. The molecule has 3 aromatic carbocycles. The van der Waals surface area contributed by atoms with E-state index in [4.69, 9.17) is 4.42 Å². The molecule has 31 heavy (non-hydrogen) atoms. The molecule has 0 radical (unpaired) electrons. The molecule has 0 bridgehead atoms. The van der Waals surface area contributed by atoms with Crippen LogP contribution in [0.5, 0.6) is 0 Å². The Morgan fingerprint density at radius 1 is 0.839 bits per heavy atom. The maximum Gasteiger partial charge on any atom is 0.155 e. The maximum atomic E-state index is 9.61. The third kappa shape index (κ3) is 3.51. The first-order valence-electron chi connectivity index (χ1n) is 10.0. The van der Waals surface area contributed by atoms with Crippen molar-refractivity contribution in [1.29, 1.82) is 0 Å². The van der Waals surface area contributed by atoms with Crippen LogP contribution in [0.1, 0.15) is 0 Å². The smallest absolute Gasteiger partial charge is 0.155 e. The number of nitrogens with zero attached hydrogens (tertiary/aromatic N) is 3. The van der Waals surface area contributed by atoms with Crippen LogP contribution in [-0.4, -0.2) is 24.3 Å². The third-order valence-electron chi connectivity index (χ3n) is 5.45. The molecular weight excluding hydrogens is 386 g/mol. The van der Waals surface area contributed by atoms with Gasteiger partial charge in [-0.3, -0.25) is 4.98 Å². The maximum absolute atomic E-state index is 9.61. The molecule has 152 valence electrons. The minimum absolute atomic E-state index is 0.445. The lowest BCUT2D eigenvalue weighted by molar-refractivity contribution is 0.302. The fraction of sp³-hybridized carbons (Fsp3) is 0.0769. The predicted octanol–water partition coefficient (Wildman–Crippen LogP) is 5.67. The largest absolute Gasteiger partial charge is 0.454 e. The second-order valence-corrected chi connectivity index (χ2v) is 7.66. The van der Waals surface area contributed by atoms with Gasteiger partial charge in [-0.05, 0) is 46.8 Å². The molecule has 0 spiro atoms. The summed E-state index contributed by atoms with van der Waals surface area (Å²) in [7, 11) is 4.04. The fourth-order valence-corrected chi connectivity index (χ4v) is 3.73. The van der Waals surface area contributed by atoms with E-state index in [1.54, 1.807) is 6.07 Å². The van der Waals surface area contributed by atoms with Crippen molar-refractivity contribution in [3.05, 3.63) is 90.4 Å². The van der Waals surface area contributed by atoms with E-state index in [1.807, 2.05) is 68.8 Å². The van der Waals surface area contributed by atoms with Gasteiger partial charge >= 0.3 is 0 Å². The van der Waals surface area contributed by atoms with Crippen LogP contribution in [0, 0.1) is 0 Å². The Balaban J connectivity index is 1.65. The molecule has 5 aromatic rings. The Labute approximate surface area is 179 Å². The summed E-state index contributed by atoms with van der Waals surface area (Å²) in [6.45, 7) is 0. The molecular formula is C26H21N3O2. The number of aromatic nitrogens is 1. The van der Waals surface area contributed by atoms with Gasteiger partial charge in [-0.2, -0.15) is 0 Å². The average molecular weight is 407 g/mol. The second kappa shape index (κ2) is 7.61. The van der Waals surface area contributed by atoms with Gasteiger partial charge in [0.1, 0.15) is 16.6 Å². The molecule has 0 saturated heterocycles. The molecule has 0 aliphatic rings. The van der Waals surface area contributed by atoms with Crippen molar-refractivity contribution in [3.63, 3.8) is 0 Å². The van der Waals surface area contributed by atoms with Crippen LogP contribution < -0.4 is 10.3 Å². The van der Waals surface area contributed by atoms with Gasteiger partial charge in [-0.15, -0.1) is 0 Å². The first-order valence-corrected chi connectivity index (χ1v) is 10.0. The van der Waals surface area contributed by atoms with Gasteiger partial charge in [0.25, 0.3) is 0 Å². The lowest BCUT2D eigenvalue weighted by atomic mass is 10.0. The number of benzene rings is 3. The summed E-state index contributed by atoms with van der Waals surface area (Å²) in [5.74, 6) is 0.547. The standard InChI is InChI=1S/C26H21N3O2/c1-29(2)21-10-7-17(8-11-21)19-9-12-22-23(28-30)15-26(31-25(22)14-19)24-13-18-5-3-4-6-20(18)16-27-24/h3-16,30H,1-2H3/b28-23-. The summed E-state index contributed by atoms with van der Waals surface area (Å²) in [5.41, 5.74) is 4.56. The zero-order valence-corrected chi connectivity index (χ0v) is 17.3. The van der Waals surface area contributed by atoms with E-state index in [1.165, 1.54) is 0 Å². The molecule has 0 fully saturated rings. The van der Waals surface area contributed by atoms with E-state index in [0.717, 1.165) is 33.0 Å². The molecule has 1 N–H and O–H groups in total. The molecule has 0 unspecified atom stereocenters. The summed E-state index contributed by atoms with van der Waals surface area (Å²) in [6.07, 6.45) is 1.82. The van der Waals surface area contributed by atoms with E-state index in [2.05, 4.69) is 39.3 Å². The number of fused-ring (bicyclic) bond motifs is 2. The predicted molar refractivity (Wildman–Crippen MR) is 124 cm³/mol. The van der Waals surface area contributed by atoms with E-state index in [9.17, 15) is 5.21 Å². The molecule has 0 aliphatic heterocycles.